The zero-order chi connectivity index (χ0) is 29.9. The van der Waals surface area contributed by atoms with E-state index in [1.165, 1.54) is 0 Å². The van der Waals surface area contributed by atoms with Gasteiger partial charge in [0.2, 0.25) is 0 Å². The second kappa shape index (κ2) is 11.1. The van der Waals surface area contributed by atoms with Crippen LogP contribution in [-0.4, -0.2) is 81.5 Å². The molecule has 3 aromatic heterocycles. The number of ether oxygens (including phenoxy) is 2. The van der Waals surface area contributed by atoms with Gasteiger partial charge in [-0.25, -0.2) is 14.8 Å². The molecule has 3 aliphatic rings. The summed E-state index contributed by atoms with van der Waals surface area (Å²) in [5.41, 5.74) is 4.16. The van der Waals surface area contributed by atoms with Crippen molar-refractivity contribution in [3.8, 4) is 11.1 Å². The summed E-state index contributed by atoms with van der Waals surface area (Å²) < 4.78 is 15.5. The summed E-state index contributed by atoms with van der Waals surface area (Å²) >= 11 is 7.07. The number of piperidine rings is 1. The third-order valence-electron chi connectivity index (χ3n) is 9.03. The van der Waals surface area contributed by atoms with Crippen LogP contribution < -0.4 is 10.2 Å². The average Bonchev–Trinajstić information content (AvgIpc) is 3.57. The Hall–Kier alpha value is -3.19. The molecule has 43 heavy (non-hydrogen) atoms. The van der Waals surface area contributed by atoms with Gasteiger partial charge in [-0.2, -0.15) is 5.10 Å². The minimum Gasteiger partial charge on any atom is -0.465 e. The molecule has 1 aromatic carbocycles. The summed E-state index contributed by atoms with van der Waals surface area (Å²) in [6.07, 6.45) is 8.54. The van der Waals surface area contributed by atoms with Crippen molar-refractivity contribution in [1.82, 2.24) is 29.6 Å². The van der Waals surface area contributed by atoms with Crippen LogP contribution in [0.4, 0.5) is 10.6 Å². The van der Waals surface area contributed by atoms with E-state index in [1.54, 1.807) is 0 Å². The minimum atomic E-state index is -1.23. The molecule has 1 amide bonds. The maximum Gasteiger partial charge on any atom is 0.404 e. The van der Waals surface area contributed by atoms with E-state index >= 15 is 0 Å². The van der Waals surface area contributed by atoms with Gasteiger partial charge in [-0.3, -0.25) is 4.68 Å². The molecule has 3 fully saturated rings. The van der Waals surface area contributed by atoms with Crippen LogP contribution in [0.5, 0.6) is 0 Å². The Morgan fingerprint density at radius 2 is 1.91 bits per heavy atom. The summed E-state index contributed by atoms with van der Waals surface area (Å²) in [6, 6.07) is 5.77. The van der Waals surface area contributed by atoms with Crippen molar-refractivity contribution >= 4 is 53.7 Å². The number of carbonyl (C=O) groups is 1. The molecule has 0 saturated carbocycles. The SMILES string of the molecule is C[Si](C)(C)CCOCn1cc(-c2ccc3nn(C4COC4)cc3c2Cl)c2ncc(N3C4CCC3CC(NC(=O)O)C4)nc21. The van der Waals surface area contributed by atoms with Crippen LogP contribution in [0.1, 0.15) is 31.7 Å². The van der Waals surface area contributed by atoms with Gasteiger partial charge in [0, 0.05) is 61.7 Å². The minimum absolute atomic E-state index is 0.0311. The van der Waals surface area contributed by atoms with E-state index in [1.807, 2.05) is 33.8 Å². The van der Waals surface area contributed by atoms with E-state index < -0.39 is 14.2 Å². The topological polar surface area (TPSA) is 120 Å². The van der Waals surface area contributed by atoms with Gasteiger partial charge in [0.15, 0.2) is 5.65 Å². The lowest BCUT2D eigenvalue weighted by molar-refractivity contribution is -0.0283. The average molecular weight is 624 g/mol. The Bertz CT molecular complexity index is 1670. The zero-order valence-corrected chi connectivity index (χ0v) is 26.5. The molecule has 0 radical (unpaired) electrons. The summed E-state index contributed by atoms with van der Waals surface area (Å²) in [5.74, 6) is 0.826. The van der Waals surface area contributed by atoms with Gasteiger partial charge in [0.25, 0.3) is 0 Å². The second-order valence-corrected chi connectivity index (χ2v) is 19.3. The Kier molecular flexibility index (Phi) is 7.35. The molecule has 2 unspecified atom stereocenters. The molecule has 11 nitrogen and oxygen atoms in total. The van der Waals surface area contributed by atoms with Gasteiger partial charge in [-0.1, -0.05) is 37.3 Å². The maximum absolute atomic E-state index is 11.3. The lowest BCUT2D eigenvalue weighted by Crippen LogP contribution is -2.50. The van der Waals surface area contributed by atoms with Crippen LogP contribution in [0, 0.1) is 0 Å². The number of amides is 1. The molecule has 0 aliphatic carbocycles. The first kappa shape index (κ1) is 28.6. The standard InChI is InChI=1S/C30H38ClN7O4Si/c1-43(2,3)9-8-41-17-36-13-23(22-6-7-25-24(27(22)31)14-37(35-25)21-15-42-16-21)28-29(36)34-26(12-32-28)38-19-4-5-20(38)11-18(10-19)33-30(39)40/h6-7,12-14,18-21,33H,4-5,8-11,15-17H2,1-3H3,(H,39,40). The Morgan fingerprint density at radius 1 is 1.14 bits per heavy atom. The molecule has 228 valence electrons. The van der Waals surface area contributed by atoms with Crippen LogP contribution in [0.3, 0.4) is 0 Å². The Balaban J connectivity index is 1.24. The highest BCUT2D eigenvalue weighted by Gasteiger charge is 2.42. The summed E-state index contributed by atoms with van der Waals surface area (Å²) in [7, 11) is -1.23. The number of rotatable bonds is 9. The molecular weight excluding hydrogens is 586 g/mol. The van der Waals surface area contributed by atoms with Crippen molar-refractivity contribution in [3.63, 3.8) is 0 Å². The molecule has 3 aliphatic heterocycles. The number of anilines is 1. The van der Waals surface area contributed by atoms with Crippen molar-refractivity contribution in [2.24, 2.45) is 0 Å². The van der Waals surface area contributed by atoms with Gasteiger partial charge in [-0.05, 0) is 37.8 Å². The van der Waals surface area contributed by atoms with Crippen LogP contribution in [0.25, 0.3) is 33.2 Å². The highest BCUT2D eigenvalue weighted by molar-refractivity contribution is 6.76. The number of benzene rings is 1. The fraction of sp³-hybridized carbons (Fsp3) is 0.533. The lowest BCUT2D eigenvalue weighted by atomic mass is 9.97. The molecule has 2 bridgehead atoms. The maximum atomic E-state index is 11.3. The molecule has 4 aromatic rings. The van der Waals surface area contributed by atoms with E-state index in [9.17, 15) is 9.90 Å². The number of aromatic nitrogens is 5. The quantitative estimate of drug-likeness (QED) is 0.179. The van der Waals surface area contributed by atoms with Crippen molar-refractivity contribution in [2.75, 3.05) is 24.7 Å². The van der Waals surface area contributed by atoms with E-state index in [-0.39, 0.29) is 24.2 Å². The molecule has 2 atom stereocenters. The van der Waals surface area contributed by atoms with Crippen LogP contribution >= 0.6 is 11.6 Å². The second-order valence-electron chi connectivity index (χ2n) is 13.3. The molecule has 7 rings (SSSR count). The van der Waals surface area contributed by atoms with Gasteiger partial charge in [0.05, 0.1) is 36.0 Å². The zero-order valence-electron chi connectivity index (χ0n) is 24.8. The van der Waals surface area contributed by atoms with Gasteiger partial charge >= 0.3 is 6.09 Å². The number of nitrogens with one attached hydrogen (secondary N) is 1. The number of nitrogens with zero attached hydrogens (tertiary/aromatic N) is 6. The van der Waals surface area contributed by atoms with E-state index in [4.69, 9.17) is 36.1 Å². The summed E-state index contributed by atoms with van der Waals surface area (Å²) in [4.78, 5) is 23.8. The lowest BCUT2D eigenvalue weighted by Gasteiger charge is -2.39. The first-order chi connectivity index (χ1) is 20.6. The van der Waals surface area contributed by atoms with Gasteiger partial charge in [-0.15, -0.1) is 0 Å². The third-order valence-corrected chi connectivity index (χ3v) is 11.1. The van der Waals surface area contributed by atoms with Crippen LogP contribution in [0.15, 0.2) is 30.7 Å². The molecular formula is C30H38ClN7O4Si. The molecule has 0 spiro atoms. The first-order valence-corrected chi connectivity index (χ1v) is 19.2. The number of fused-ring (bicyclic) bond motifs is 4. The first-order valence-electron chi connectivity index (χ1n) is 15.1. The van der Waals surface area contributed by atoms with E-state index in [2.05, 4.69) is 36.1 Å². The molecule has 6 heterocycles. The van der Waals surface area contributed by atoms with E-state index in [0.717, 1.165) is 70.7 Å². The predicted octanol–water partition coefficient (Wildman–Crippen LogP) is 5.75. The fourth-order valence-corrected chi connectivity index (χ4v) is 7.76. The van der Waals surface area contributed by atoms with Crippen molar-refractivity contribution < 1.29 is 19.4 Å². The summed E-state index contributed by atoms with van der Waals surface area (Å²) in [6.45, 7) is 9.43. The largest absolute Gasteiger partial charge is 0.465 e. The molecule has 2 N–H and O–H groups in total. The highest BCUT2D eigenvalue weighted by atomic mass is 35.5. The van der Waals surface area contributed by atoms with Crippen LogP contribution in [0.2, 0.25) is 30.7 Å². The number of halogens is 1. The fourth-order valence-electron chi connectivity index (χ4n) is 6.69. The Labute approximate surface area is 256 Å². The van der Waals surface area contributed by atoms with Crippen molar-refractivity contribution in [1.29, 1.82) is 0 Å². The van der Waals surface area contributed by atoms with Gasteiger partial charge in [0.1, 0.15) is 18.1 Å². The summed E-state index contributed by atoms with van der Waals surface area (Å²) in [5, 5.41) is 18.2. The third kappa shape index (κ3) is 5.50. The predicted molar refractivity (Wildman–Crippen MR) is 169 cm³/mol. The molecule has 13 heteroatoms. The highest BCUT2D eigenvalue weighted by Crippen LogP contribution is 2.41. The molecule has 3 saturated heterocycles. The number of carboxylic acid groups (broad SMARTS) is 1. The normalized spacial score (nSPS) is 22.4. The van der Waals surface area contributed by atoms with Crippen molar-refractivity contribution in [2.45, 2.75) is 82.3 Å². The number of hydrogen-bond acceptors (Lipinski definition) is 7. The smallest absolute Gasteiger partial charge is 0.404 e. The monoisotopic (exact) mass is 623 g/mol. The van der Waals surface area contributed by atoms with Crippen molar-refractivity contribution in [3.05, 3.63) is 35.7 Å². The number of hydrogen-bond donors (Lipinski definition) is 2. The Morgan fingerprint density at radius 3 is 2.58 bits per heavy atom. The van der Waals surface area contributed by atoms with Crippen LogP contribution in [-0.2, 0) is 16.2 Å². The van der Waals surface area contributed by atoms with E-state index in [0.29, 0.717) is 31.6 Å². The van der Waals surface area contributed by atoms with Gasteiger partial charge < -0.3 is 29.4 Å².